The van der Waals surface area contributed by atoms with E-state index in [0.717, 1.165) is 47.9 Å². The summed E-state index contributed by atoms with van der Waals surface area (Å²) in [6, 6.07) is 13.0. The van der Waals surface area contributed by atoms with Crippen molar-refractivity contribution in [1.82, 2.24) is 19.9 Å². The molecule has 1 aliphatic heterocycles. The molecule has 0 spiro atoms. The van der Waals surface area contributed by atoms with Crippen LogP contribution in [-0.4, -0.2) is 33.7 Å². The highest BCUT2D eigenvalue weighted by Crippen LogP contribution is 2.23. The van der Waals surface area contributed by atoms with Gasteiger partial charge in [-0.2, -0.15) is 9.61 Å². The van der Waals surface area contributed by atoms with E-state index in [4.69, 9.17) is 5.10 Å². The molecule has 1 unspecified atom stereocenters. The van der Waals surface area contributed by atoms with Gasteiger partial charge < -0.3 is 10.6 Å². The SMILES string of the molecule is Cc1cccc(-c2cc3nc(C)cc(NC4CCNC4)n3n2)c1. The topological polar surface area (TPSA) is 54.2 Å². The van der Waals surface area contributed by atoms with E-state index in [0.29, 0.717) is 6.04 Å². The minimum absolute atomic E-state index is 0.451. The van der Waals surface area contributed by atoms with Crippen LogP contribution in [0.25, 0.3) is 16.9 Å². The van der Waals surface area contributed by atoms with Gasteiger partial charge in [-0.3, -0.25) is 0 Å². The van der Waals surface area contributed by atoms with E-state index in [1.54, 1.807) is 0 Å². The highest BCUT2D eigenvalue weighted by molar-refractivity contribution is 5.66. The number of hydrogen-bond acceptors (Lipinski definition) is 4. The third kappa shape index (κ3) is 2.80. The second-order valence-electron chi connectivity index (χ2n) is 6.29. The fourth-order valence-electron chi connectivity index (χ4n) is 3.14. The Labute approximate surface area is 135 Å². The smallest absolute Gasteiger partial charge is 0.158 e. The van der Waals surface area contributed by atoms with E-state index in [1.807, 2.05) is 11.4 Å². The summed E-state index contributed by atoms with van der Waals surface area (Å²) in [6.07, 6.45) is 1.13. The lowest BCUT2D eigenvalue weighted by atomic mass is 10.1. The van der Waals surface area contributed by atoms with Crippen LogP contribution in [0.3, 0.4) is 0 Å². The molecule has 118 valence electrons. The van der Waals surface area contributed by atoms with Gasteiger partial charge in [-0.05, 0) is 32.9 Å². The second-order valence-corrected chi connectivity index (χ2v) is 6.29. The number of anilines is 1. The first-order valence-electron chi connectivity index (χ1n) is 8.11. The van der Waals surface area contributed by atoms with Crippen LogP contribution in [0.4, 0.5) is 5.82 Å². The van der Waals surface area contributed by atoms with Gasteiger partial charge in [-0.25, -0.2) is 4.98 Å². The number of nitrogens with zero attached hydrogens (tertiary/aromatic N) is 3. The Hall–Kier alpha value is -2.40. The summed E-state index contributed by atoms with van der Waals surface area (Å²) < 4.78 is 1.92. The van der Waals surface area contributed by atoms with Gasteiger partial charge in [0.1, 0.15) is 5.82 Å². The molecule has 0 aliphatic carbocycles. The van der Waals surface area contributed by atoms with Gasteiger partial charge in [0.15, 0.2) is 5.65 Å². The Bertz CT molecular complexity index is 846. The number of aryl methyl sites for hydroxylation is 2. The molecule has 5 nitrogen and oxygen atoms in total. The molecule has 3 aromatic rings. The predicted molar refractivity (Wildman–Crippen MR) is 92.8 cm³/mol. The minimum atomic E-state index is 0.451. The fourth-order valence-corrected chi connectivity index (χ4v) is 3.14. The first-order valence-corrected chi connectivity index (χ1v) is 8.11. The maximum Gasteiger partial charge on any atom is 0.158 e. The Morgan fingerprint density at radius 2 is 2.13 bits per heavy atom. The molecule has 1 aliphatic rings. The van der Waals surface area contributed by atoms with Crippen LogP contribution in [0.5, 0.6) is 0 Å². The maximum absolute atomic E-state index is 4.78. The van der Waals surface area contributed by atoms with Gasteiger partial charge in [0.05, 0.1) is 5.69 Å². The van der Waals surface area contributed by atoms with Gasteiger partial charge in [0.25, 0.3) is 0 Å². The minimum Gasteiger partial charge on any atom is -0.366 e. The molecule has 23 heavy (non-hydrogen) atoms. The summed E-state index contributed by atoms with van der Waals surface area (Å²) >= 11 is 0. The number of hydrogen-bond donors (Lipinski definition) is 2. The van der Waals surface area contributed by atoms with Gasteiger partial charge in [0.2, 0.25) is 0 Å². The molecule has 0 radical (unpaired) electrons. The molecule has 0 bridgehead atoms. The van der Waals surface area contributed by atoms with E-state index in [9.17, 15) is 0 Å². The van der Waals surface area contributed by atoms with E-state index in [2.05, 4.69) is 58.9 Å². The number of aromatic nitrogens is 3. The zero-order valence-electron chi connectivity index (χ0n) is 13.5. The molecule has 1 saturated heterocycles. The first kappa shape index (κ1) is 14.2. The average molecular weight is 307 g/mol. The average Bonchev–Trinajstić information content (AvgIpc) is 3.16. The Balaban J connectivity index is 1.77. The number of benzene rings is 1. The van der Waals surface area contributed by atoms with E-state index >= 15 is 0 Å². The van der Waals surface area contributed by atoms with Gasteiger partial charge in [-0.15, -0.1) is 0 Å². The molecule has 1 atom stereocenters. The first-order chi connectivity index (χ1) is 11.2. The number of nitrogens with one attached hydrogen (secondary N) is 2. The predicted octanol–water partition coefficient (Wildman–Crippen LogP) is 2.79. The summed E-state index contributed by atoms with van der Waals surface area (Å²) in [5.74, 6) is 1.01. The molecule has 5 heteroatoms. The second kappa shape index (κ2) is 5.66. The Morgan fingerprint density at radius 1 is 1.22 bits per heavy atom. The highest BCUT2D eigenvalue weighted by atomic mass is 15.3. The van der Waals surface area contributed by atoms with E-state index in [-0.39, 0.29) is 0 Å². The quantitative estimate of drug-likeness (QED) is 0.781. The van der Waals surface area contributed by atoms with Crippen molar-refractivity contribution in [2.24, 2.45) is 0 Å². The van der Waals surface area contributed by atoms with Gasteiger partial charge >= 0.3 is 0 Å². The van der Waals surface area contributed by atoms with Crippen molar-refractivity contribution >= 4 is 11.5 Å². The van der Waals surface area contributed by atoms with Gasteiger partial charge in [-0.1, -0.05) is 23.8 Å². The molecule has 2 aromatic heterocycles. The van der Waals surface area contributed by atoms with Crippen LogP contribution in [0.15, 0.2) is 36.4 Å². The maximum atomic E-state index is 4.78. The molecule has 3 heterocycles. The standard InChI is InChI=1S/C18H21N5/c1-12-4-3-5-14(8-12)16-10-18-20-13(2)9-17(23(18)22-16)21-15-6-7-19-11-15/h3-5,8-10,15,19,21H,6-7,11H2,1-2H3. The van der Waals surface area contributed by atoms with Crippen LogP contribution >= 0.6 is 0 Å². The normalized spacial score (nSPS) is 17.7. The van der Waals surface area contributed by atoms with Crippen LogP contribution < -0.4 is 10.6 Å². The third-order valence-electron chi connectivity index (χ3n) is 4.28. The summed E-state index contributed by atoms with van der Waals surface area (Å²) in [4.78, 5) is 4.62. The number of fused-ring (bicyclic) bond motifs is 1. The van der Waals surface area contributed by atoms with Crippen molar-refractivity contribution in [3.8, 4) is 11.3 Å². The largest absolute Gasteiger partial charge is 0.366 e. The lowest BCUT2D eigenvalue weighted by Gasteiger charge is -2.14. The van der Waals surface area contributed by atoms with Crippen LogP contribution in [0, 0.1) is 13.8 Å². The fraction of sp³-hybridized carbons (Fsp3) is 0.333. The highest BCUT2D eigenvalue weighted by Gasteiger charge is 2.17. The third-order valence-corrected chi connectivity index (χ3v) is 4.28. The van der Waals surface area contributed by atoms with Crippen LogP contribution in [0.1, 0.15) is 17.7 Å². The van der Waals surface area contributed by atoms with Crippen molar-refractivity contribution in [1.29, 1.82) is 0 Å². The van der Waals surface area contributed by atoms with Crippen molar-refractivity contribution in [2.75, 3.05) is 18.4 Å². The Morgan fingerprint density at radius 3 is 2.91 bits per heavy atom. The van der Waals surface area contributed by atoms with E-state index in [1.165, 1.54) is 5.56 Å². The molecule has 2 N–H and O–H groups in total. The summed E-state index contributed by atoms with van der Waals surface area (Å²) in [5, 5.41) is 11.8. The molecule has 1 fully saturated rings. The lowest BCUT2D eigenvalue weighted by molar-refractivity contribution is 0.774. The lowest BCUT2D eigenvalue weighted by Crippen LogP contribution is -2.23. The molecule has 0 saturated carbocycles. The van der Waals surface area contributed by atoms with Crippen molar-refractivity contribution in [2.45, 2.75) is 26.3 Å². The zero-order valence-corrected chi connectivity index (χ0v) is 13.5. The Kier molecular flexibility index (Phi) is 3.50. The molecule has 1 aromatic carbocycles. The summed E-state index contributed by atoms with van der Waals surface area (Å²) in [5.41, 5.74) is 5.21. The zero-order chi connectivity index (χ0) is 15.8. The van der Waals surface area contributed by atoms with Crippen LogP contribution in [-0.2, 0) is 0 Å². The van der Waals surface area contributed by atoms with Crippen LogP contribution in [0.2, 0.25) is 0 Å². The van der Waals surface area contributed by atoms with E-state index < -0.39 is 0 Å². The number of rotatable bonds is 3. The summed E-state index contributed by atoms with van der Waals surface area (Å²) in [6.45, 7) is 6.19. The molecule has 4 rings (SSSR count). The molecule has 0 amide bonds. The van der Waals surface area contributed by atoms with Gasteiger partial charge in [0, 0.05) is 36.0 Å². The van der Waals surface area contributed by atoms with Crippen molar-refractivity contribution in [3.63, 3.8) is 0 Å². The summed E-state index contributed by atoms with van der Waals surface area (Å²) in [7, 11) is 0. The molecular weight excluding hydrogens is 286 g/mol. The van der Waals surface area contributed by atoms with Crippen molar-refractivity contribution in [3.05, 3.63) is 47.7 Å². The van der Waals surface area contributed by atoms with Crippen molar-refractivity contribution < 1.29 is 0 Å². The molecular formula is C18H21N5. The monoisotopic (exact) mass is 307 g/mol.